The summed E-state index contributed by atoms with van der Waals surface area (Å²) in [6.45, 7) is 13.4. The van der Waals surface area contributed by atoms with Crippen molar-refractivity contribution in [1.29, 1.82) is 5.26 Å². The number of nitrogens with zero attached hydrogens (tertiary/aromatic N) is 1. The molecule has 4 aliphatic rings. The quantitative estimate of drug-likeness (QED) is 0.300. The van der Waals surface area contributed by atoms with Gasteiger partial charge in [0.1, 0.15) is 12.2 Å². The molecule has 0 aromatic rings. The molecule has 2 N–H and O–H groups in total. The van der Waals surface area contributed by atoms with Gasteiger partial charge in [0.2, 0.25) is 0 Å². The number of unbranched alkanes of at least 4 members (excludes halogenated alkanes) is 1. The summed E-state index contributed by atoms with van der Waals surface area (Å²) in [7, 11) is 0. The zero-order valence-corrected chi connectivity index (χ0v) is 23.8. The van der Waals surface area contributed by atoms with Gasteiger partial charge in [0, 0.05) is 24.9 Å². The van der Waals surface area contributed by atoms with Crippen LogP contribution < -0.4 is 0 Å². The zero-order valence-electron chi connectivity index (χ0n) is 23.8. The first-order valence-corrected chi connectivity index (χ1v) is 14.7. The van der Waals surface area contributed by atoms with Gasteiger partial charge in [-0.05, 0) is 91.3 Å². The van der Waals surface area contributed by atoms with Crippen molar-refractivity contribution in [3.05, 3.63) is 47.1 Å². The van der Waals surface area contributed by atoms with E-state index in [1.165, 1.54) is 31.3 Å². The third kappa shape index (κ3) is 5.64. The summed E-state index contributed by atoms with van der Waals surface area (Å²) in [5, 5.41) is 30.2. The lowest BCUT2D eigenvalue weighted by molar-refractivity contribution is -0.121. The van der Waals surface area contributed by atoms with Crippen molar-refractivity contribution in [2.75, 3.05) is 6.61 Å². The molecule has 0 heterocycles. The van der Waals surface area contributed by atoms with Crippen LogP contribution in [0.5, 0.6) is 0 Å². The SMILES string of the molecule is C=C1/C(=C\C=C2/CCC[C@]3(C)[C@@H]([C@H](C)/C=C4\CCC(C)(C)C4=O)CC[C@@H]23)C[C@@H](O)[C@H](OCCCC#N)[C@@H]1O. The largest absolute Gasteiger partial charge is 0.390 e. The summed E-state index contributed by atoms with van der Waals surface area (Å²) in [6.07, 6.45) is 13.3. The molecule has 4 aliphatic carbocycles. The van der Waals surface area contributed by atoms with Crippen molar-refractivity contribution in [1.82, 2.24) is 0 Å². The Kier molecular flexibility index (Phi) is 8.87. The minimum atomic E-state index is -0.949. The Hall–Kier alpha value is -2.00. The highest BCUT2D eigenvalue weighted by atomic mass is 16.5. The van der Waals surface area contributed by atoms with E-state index in [-0.39, 0.29) is 10.8 Å². The molecule has 0 saturated heterocycles. The van der Waals surface area contributed by atoms with Gasteiger partial charge in [0.15, 0.2) is 5.78 Å². The van der Waals surface area contributed by atoms with Crippen LogP contribution in [0.1, 0.15) is 91.9 Å². The maximum atomic E-state index is 12.9. The third-order valence-electron chi connectivity index (χ3n) is 10.2. The van der Waals surface area contributed by atoms with Gasteiger partial charge in [0.25, 0.3) is 0 Å². The van der Waals surface area contributed by atoms with Crippen LogP contribution in [0.25, 0.3) is 0 Å². The second-order valence-corrected chi connectivity index (χ2v) is 13.1. The highest BCUT2D eigenvalue weighted by molar-refractivity contribution is 6.01. The van der Waals surface area contributed by atoms with Crippen LogP contribution in [-0.4, -0.2) is 40.9 Å². The second kappa shape index (κ2) is 11.6. The fourth-order valence-corrected chi connectivity index (χ4v) is 7.87. The molecule has 0 bridgehead atoms. The number of ketones is 1. The number of rotatable bonds is 7. The van der Waals surface area contributed by atoms with E-state index in [1.54, 1.807) is 0 Å². The Balaban J connectivity index is 1.46. The zero-order chi connectivity index (χ0) is 27.7. The minimum Gasteiger partial charge on any atom is -0.390 e. The monoisotopic (exact) mass is 521 g/mol. The Labute approximate surface area is 229 Å². The standard InChI is InChI=1S/C33H47NO4/c1-21(19-25-14-16-32(3,4)31(25)37)26-12-13-27-23(9-8-15-33(26,27)5)10-11-24-20-28(35)30(29(36)22(24)2)38-18-7-6-17-34/h10-11,19,21,26-30,35-36H,2,6-9,12-16,18,20H2,1,3-5H3/b23-10+,24-11-,25-19+/t21-,26-,27+,28-,29-,30+,33-/m1/s1. The first-order valence-electron chi connectivity index (χ1n) is 14.7. The molecule has 0 amide bonds. The number of aliphatic hydroxyl groups is 2. The normalized spacial score (nSPS) is 39.1. The van der Waals surface area contributed by atoms with E-state index in [1.807, 2.05) is 0 Å². The van der Waals surface area contributed by atoms with E-state index in [4.69, 9.17) is 10.00 Å². The van der Waals surface area contributed by atoms with Crippen LogP contribution in [0.2, 0.25) is 0 Å². The molecule has 0 spiro atoms. The van der Waals surface area contributed by atoms with Crippen molar-refractivity contribution < 1.29 is 19.7 Å². The molecule has 4 fully saturated rings. The fourth-order valence-electron chi connectivity index (χ4n) is 7.87. The molecule has 0 aromatic carbocycles. The van der Waals surface area contributed by atoms with E-state index in [9.17, 15) is 15.0 Å². The molecule has 7 atom stereocenters. The average Bonchev–Trinajstić information content (AvgIpc) is 3.36. The van der Waals surface area contributed by atoms with Gasteiger partial charge < -0.3 is 14.9 Å². The Morgan fingerprint density at radius 2 is 1.92 bits per heavy atom. The molecule has 5 nitrogen and oxygen atoms in total. The molecule has 0 unspecified atom stereocenters. The van der Waals surface area contributed by atoms with Crippen LogP contribution >= 0.6 is 0 Å². The van der Waals surface area contributed by atoms with Crippen molar-refractivity contribution in [2.45, 2.75) is 110 Å². The fraction of sp³-hybridized carbons (Fsp3) is 0.697. The van der Waals surface area contributed by atoms with E-state index in [0.29, 0.717) is 55.0 Å². The number of carbonyl (C=O) groups is 1. The lowest BCUT2D eigenvalue weighted by Gasteiger charge is -2.44. The Morgan fingerprint density at radius 3 is 2.61 bits per heavy atom. The number of hydrogen-bond donors (Lipinski definition) is 2. The maximum Gasteiger partial charge on any atom is 0.164 e. The number of hydrogen-bond acceptors (Lipinski definition) is 5. The Morgan fingerprint density at radius 1 is 1.16 bits per heavy atom. The maximum absolute atomic E-state index is 12.9. The van der Waals surface area contributed by atoms with Crippen LogP contribution in [-0.2, 0) is 9.53 Å². The van der Waals surface area contributed by atoms with Gasteiger partial charge in [-0.25, -0.2) is 0 Å². The Bertz CT molecular complexity index is 1060. The van der Waals surface area contributed by atoms with Crippen molar-refractivity contribution in [3.63, 3.8) is 0 Å². The lowest BCUT2D eigenvalue weighted by atomic mass is 9.61. The first-order chi connectivity index (χ1) is 18.0. The van der Waals surface area contributed by atoms with Crippen LogP contribution in [0, 0.1) is 39.9 Å². The summed E-state index contributed by atoms with van der Waals surface area (Å²) < 4.78 is 5.71. The smallest absolute Gasteiger partial charge is 0.164 e. The highest BCUT2D eigenvalue weighted by Gasteiger charge is 2.50. The van der Waals surface area contributed by atoms with Gasteiger partial charge in [-0.1, -0.05) is 58.1 Å². The minimum absolute atomic E-state index is 0.213. The number of ether oxygens (including phenoxy) is 1. The first kappa shape index (κ1) is 29.0. The summed E-state index contributed by atoms with van der Waals surface area (Å²) >= 11 is 0. The van der Waals surface area contributed by atoms with Crippen molar-refractivity contribution >= 4 is 5.78 Å². The summed E-state index contributed by atoms with van der Waals surface area (Å²) in [6, 6.07) is 2.08. The number of fused-ring (bicyclic) bond motifs is 1. The van der Waals surface area contributed by atoms with Gasteiger partial charge >= 0.3 is 0 Å². The molecule has 208 valence electrons. The van der Waals surface area contributed by atoms with E-state index in [0.717, 1.165) is 30.4 Å². The van der Waals surface area contributed by atoms with E-state index < -0.39 is 18.3 Å². The number of allylic oxidation sites excluding steroid dienone is 5. The number of aliphatic hydroxyl groups excluding tert-OH is 2. The number of nitriles is 1. The second-order valence-electron chi connectivity index (χ2n) is 13.1. The van der Waals surface area contributed by atoms with E-state index >= 15 is 0 Å². The van der Waals surface area contributed by atoms with Crippen molar-refractivity contribution in [2.24, 2.45) is 28.6 Å². The van der Waals surface area contributed by atoms with Crippen LogP contribution in [0.4, 0.5) is 0 Å². The molecule has 0 aromatic heterocycles. The molecule has 5 heteroatoms. The van der Waals surface area contributed by atoms with Gasteiger partial charge in [-0.15, -0.1) is 0 Å². The summed E-state index contributed by atoms with van der Waals surface area (Å²) in [5.74, 6) is 1.83. The van der Waals surface area contributed by atoms with Crippen LogP contribution in [0.3, 0.4) is 0 Å². The predicted octanol–water partition coefficient (Wildman–Crippen LogP) is 6.38. The van der Waals surface area contributed by atoms with Gasteiger partial charge in [0.05, 0.1) is 12.2 Å². The predicted molar refractivity (Wildman–Crippen MR) is 150 cm³/mol. The van der Waals surface area contributed by atoms with E-state index in [2.05, 4.69) is 58.6 Å². The van der Waals surface area contributed by atoms with Gasteiger partial charge in [-0.3, -0.25) is 4.79 Å². The summed E-state index contributed by atoms with van der Waals surface area (Å²) in [4.78, 5) is 12.9. The number of Topliss-reactive ketones (excluding diaryl/α,β-unsaturated/α-hetero) is 1. The molecule has 0 radical (unpaired) electrons. The molecular weight excluding hydrogens is 474 g/mol. The molecule has 4 rings (SSSR count). The molecule has 4 saturated carbocycles. The lowest BCUT2D eigenvalue weighted by Crippen LogP contribution is -2.45. The molecular formula is C33H47NO4. The van der Waals surface area contributed by atoms with Crippen molar-refractivity contribution in [3.8, 4) is 6.07 Å². The topological polar surface area (TPSA) is 90.5 Å². The molecule has 0 aliphatic heterocycles. The molecule has 38 heavy (non-hydrogen) atoms. The number of carbonyl (C=O) groups excluding carboxylic acids is 1. The third-order valence-corrected chi connectivity index (χ3v) is 10.2. The average molecular weight is 522 g/mol. The van der Waals surface area contributed by atoms with Crippen LogP contribution in [0.15, 0.2) is 47.1 Å². The summed E-state index contributed by atoms with van der Waals surface area (Å²) in [5.41, 5.74) is 4.03. The highest BCUT2D eigenvalue weighted by Crippen LogP contribution is 2.60. The van der Waals surface area contributed by atoms with Gasteiger partial charge in [-0.2, -0.15) is 5.26 Å².